The minimum Gasteiger partial charge on any atom is -0.481 e. The first kappa shape index (κ1) is 13.1. The van der Waals surface area contributed by atoms with E-state index in [-0.39, 0.29) is 11.7 Å². The molecule has 0 aliphatic heterocycles. The fourth-order valence-corrected chi connectivity index (χ4v) is 3.76. The molecule has 1 unspecified atom stereocenters. The van der Waals surface area contributed by atoms with Gasteiger partial charge in [-0.2, -0.15) is 0 Å². The summed E-state index contributed by atoms with van der Waals surface area (Å²) in [5.74, 6) is -0.787. The predicted molar refractivity (Wildman–Crippen MR) is 74.1 cm³/mol. The smallest absolute Gasteiger partial charge is 0.304 e. The molecule has 1 N–H and O–H groups in total. The van der Waals surface area contributed by atoms with Crippen molar-refractivity contribution in [3.8, 4) is 0 Å². The second kappa shape index (κ2) is 6.02. The number of hydrogen-bond acceptors (Lipinski definition) is 4. The average molecular weight is 279 g/mol. The number of carboxylic acids is 1. The van der Waals surface area contributed by atoms with E-state index in [2.05, 4.69) is 4.98 Å². The first-order valence-corrected chi connectivity index (χ1v) is 7.26. The van der Waals surface area contributed by atoms with Crippen LogP contribution in [0.1, 0.15) is 22.9 Å². The van der Waals surface area contributed by atoms with Gasteiger partial charge in [0.05, 0.1) is 6.42 Å². The summed E-state index contributed by atoms with van der Waals surface area (Å²) in [6.07, 6.45) is 0.104. The number of aryl methyl sites for hydroxylation is 1. The highest BCUT2D eigenvalue weighted by molar-refractivity contribution is 8.01. The van der Waals surface area contributed by atoms with E-state index in [9.17, 15) is 4.79 Å². The summed E-state index contributed by atoms with van der Waals surface area (Å²) in [5, 5.41) is 10.9. The summed E-state index contributed by atoms with van der Waals surface area (Å²) in [4.78, 5) is 15.3. The largest absolute Gasteiger partial charge is 0.481 e. The Morgan fingerprint density at radius 3 is 2.72 bits per heavy atom. The van der Waals surface area contributed by atoms with Gasteiger partial charge in [-0.05, 0) is 12.5 Å². The quantitative estimate of drug-likeness (QED) is 0.847. The molecule has 2 rings (SSSR count). The lowest BCUT2D eigenvalue weighted by Crippen LogP contribution is -2.03. The Balaban J connectivity index is 2.18. The number of thioether (sulfide) groups is 1. The molecule has 0 fully saturated rings. The molecule has 1 atom stereocenters. The van der Waals surface area contributed by atoms with Gasteiger partial charge in [-0.3, -0.25) is 4.79 Å². The number of aromatic nitrogens is 1. The molecule has 1 aromatic heterocycles. The first-order chi connectivity index (χ1) is 8.65. The van der Waals surface area contributed by atoms with E-state index in [4.69, 9.17) is 5.11 Å². The Bertz CT molecular complexity index is 525. The number of carboxylic acid groups (broad SMARTS) is 1. The Morgan fingerprint density at radius 1 is 1.44 bits per heavy atom. The molecule has 3 nitrogen and oxygen atoms in total. The van der Waals surface area contributed by atoms with Gasteiger partial charge in [-0.15, -0.1) is 11.3 Å². The van der Waals surface area contributed by atoms with Gasteiger partial charge in [0.15, 0.2) is 4.34 Å². The summed E-state index contributed by atoms with van der Waals surface area (Å²) in [5.41, 5.74) is 2.00. The lowest BCUT2D eigenvalue weighted by atomic mass is 10.1. The molecular weight excluding hydrogens is 266 g/mol. The van der Waals surface area contributed by atoms with Crippen LogP contribution in [0.25, 0.3) is 0 Å². The van der Waals surface area contributed by atoms with E-state index in [1.807, 2.05) is 42.6 Å². The summed E-state index contributed by atoms with van der Waals surface area (Å²) in [6, 6.07) is 9.71. The van der Waals surface area contributed by atoms with E-state index in [1.165, 1.54) is 11.8 Å². The Hall–Kier alpha value is -1.33. The van der Waals surface area contributed by atoms with Crippen LogP contribution < -0.4 is 0 Å². The second-order valence-electron chi connectivity index (χ2n) is 3.87. The zero-order valence-electron chi connectivity index (χ0n) is 9.87. The fraction of sp³-hybridized carbons (Fsp3) is 0.231. The van der Waals surface area contributed by atoms with Gasteiger partial charge in [0.1, 0.15) is 0 Å². The molecule has 5 heteroatoms. The summed E-state index contributed by atoms with van der Waals surface area (Å²) in [6.45, 7) is 1.94. The summed E-state index contributed by atoms with van der Waals surface area (Å²) in [7, 11) is 0. The van der Waals surface area contributed by atoms with Gasteiger partial charge in [0, 0.05) is 16.3 Å². The molecule has 0 saturated heterocycles. The molecule has 0 amide bonds. The maximum Gasteiger partial charge on any atom is 0.304 e. The molecule has 0 saturated carbocycles. The normalized spacial score (nSPS) is 12.3. The van der Waals surface area contributed by atoms with Gasteiger partial charge in [0.25, 0.3) is 0 Å². The van der Waals surface area contributed by atoms with Crippen molar-refractivity contribution >= 4 is 29.1 Å². The zero-order chi connectivity index (χ0) is 13.0. The molecule has 0 spiro atoms. The van der Waals surface area contributed by atoms with Crippen LogP contribution in [0, 0.1) is 6.92 Å². The van der Waals surface area contributed by atoms with Gasteiger partial charge in [0.2, 0.25) is 0 Å². The number of benzene rings is 1. The van der Waals surface area contributed by atoms with Crippen molar-refractivity contribution in [1.82, 2.24) is 4.98 Å². The van der Waals surface area contributed by atoms with E-state index < -0.39 is 5.97 Å². The van der Waals surface area contributed by atoms with Crippen LogP contribution in [0.2, 0.25) is 0 Å². The minimum absolute atomic E-state index is 0.0887. The predicted octanol–water partition coefficient (Wildman–Crippen LogP) is 3.76. The molecule has 0 aliphatic rings. The molecule has 1 heterocycles. The van der Waals surface area contributed by atoms with Crippen LogP contribution in [0.3, 0.4) is 0 Å². The Kier molecular flexibility index (Phi) is 4.38. The number of carbonyl (C=O) groups is 1. The van der Waals surface area contributed by atoms with Gasteiger partial charge >= 0.3 is 5.97 Å². The number of aliphatic carboxylic acids is 1. The van der Waals surface area contributed by atoms with Crippen molar-refractivity contribution in [3.05, 3.63) is 47.0 Å². The molecule has 1 aromatic carbocycles. The van der Waals surface area contributed by atoms with Gasteiger partial charge < -0.3 is 5.11 Å². The highest BCUT2D eigenvalue weighted by atomic mass is 32.2. The first-order valence-electron chi connectivity index (χ1n) is 5.50. The third-order valence-corrected chi connectivity index (χ3v) is 4.72. The van der Waals surface area contributed by atoms with E-state index in [0.717, 1.165) is 15.6 Å². The molecule has 18 heavy (non-hydrogen) atoms. The lowest BCUT2D eigenvalue weighted by Gasteiger charge is -2.12. The van der Waals surface area contributed by atoms with Gasteiger partial charge in [-0.25, -0.2) is 4.98 Å². The molecule has 0 bridgehead atoms. The highest BCUT2D eigenvalue weighted by Crippen LogP contribution is 2.38. The highest BCUT2D eigenvalue weighted by Gasteiger charge is 2.18. The number of thiazole rings is 1. The van der Waals surface area contributed by atoms with Crippen LogP contribution in [0.5, 0.6) is 0 Å². The van der Waals surface area contributed by atoms with Crippen LogP contribution in [0.4, 0.5) is 0 Å². The van der Waals surface area contributed by atoms with E-state index >= 15 is 0 Å². The molecule has 2 aromatic rings. The lowest BCUT2D eigenvalue weighted by molar-refractivity contribution is -0.137. The van der Waals surface area contributed by atoms with E-state index in [0.29, 0.717) is 0 Å². The van der Waals surface area contributed by atoms with Crippen LogP contribution >= 0.6 is 23.1 Å². The molecule has 94 valence electrons. The van der Waals surface area contributed by atoms with Crippen molar-refractivity contribution in [3.63, 3.8) is 0 Å². The summed E-state index contributed by atoms with van der Waals surface area (Å²) >= 11 is 3.08. The van der Waals surface area contributed by atoms with Crippen molar-refractivity contribution < 1.29 is 9.90 Å². The maximum atomic E-state index is 10.9. The number of nitrogens with zero attached hydrogens (tertiary/aromatic N) is 1. The average Bonchev–Trinajstić information content (AvgIpc) is 2.75. The zero-order valence-corrected chi connectivity index (χ0v) is 11.5. The van der Waals surface area contributed by atoms with Crippen LogP contribution in [0.15, 0.2) is 40.1 Å². The molecular formula is C13H13NO2S2. The Morgan fingerprint density at radius 2 is 2.17 bits per heavy atom. The molecule has 0 radical (unpaired) electrons. The topological polar surface area (TPSA) is 50.2 Å². The minimum atomic E-state index is -0.787. The number of rotatable bonds is 5. The summed E-state index contributed by atoms with van der Waals surface area (Å²) < 4.78 is 0.919. The SMILES string of the molecule is Cc1csc(SC(CC(=O)O)c2ccccc2)n1. The molecule has 0 aliphatic carbocycles. The van der Waals surface area contributed by atoms with Crippen molar-refractivity contribution in [2.75, 3.05) is 0 Å². The maximum absolute atomic E-state index is 10.9. The van der Waals surface area contributed by atoms with E-state index in [1.54, 1.807) is 11.3 Å². The third-order valence-electron chi connectivity index (χ3n) is 2.37. The number of hydrogen-bond donors (Lipinski definition) is 1. The van der Waals surface area contributed by atoms with Crippen molar-refractivity contribution in [2.45, 2.75) is 22.9 Å². The third kappa shape index (κ3) is 3.58. The van der Waals surface area contributed by atoms with Crippen molar-refractivity contribution in [1.29, 1.82) is 0 Å². The van der Waals surface area contributed by atoms with Crippen molar-refractivity contribution in [2.24, 2.45) is 0 Å². The standard InChI is InChI=1S/C13H13NO2S2/c1-9-8-17-13(14-9)18-11(7-12(15)16)10-5-3-2-4-6-10/h2-6,8,11H,7H2,1H3,(H,15,16). The fourth-order valence-electron chi connectivity index (χ4n) is 1.56. The second-order valence-corrected chi connectivity index (χ2v) is 6.18. The monoisotopic (exact) mass is 279 g/mol. The van der Waals surface area contributed by atoms with Crippen LogP contribution in [-0.2, 0) is 4.79 Å². The van der Waals surface area contributed by atoms with Crippen LogP contribution in [-0.4, -0.2) is 16.1 Å². The Labute approximate surface area is 114 Å². The van der Waals surface area contributed by atoms with Gasteiger partial charge in [-0.1, -0.05) is 42.1 Å².